The molecule has 0 unspecified atom stereocenters. The summed E-state index contributed by atoms with van der Waals surface area (Å²) in [6.45, 7) is 3.34. The van der Waals surface area contributed by atoms with Gasteiger partial charge < -0.3 is 15.2 Å². The third-order valence-corrected chi connectivity index (χ3v) is 7.58. The molecule has 0 saturated heterocycles. The van der Waals surface area contributed by atoms with Gasteiger partial charge in [-0.15, -0.1) is 0 Å². The number of hydrogen-bond acceptors (Lipinski definition) is 4. The quantitative estimate of drug-likeness (QED) is 0.231. The van der Waals surface area contributed by atoms with Crippen LogP contribution in [0.4, 0.5) is 0 Å². The molecule has 2 N–H and O–H groups in total. The molecule has 6 heteroatoms. The van der Waals surface area contributed by atoms with E-state index in [0.717, 1.165) is 61.9 Å². The van der Waals surface area contributed by atoms with Crippen molar-refractivity contribution in [2.24, 2.45) is 0 Å². The largest absolute Gasteiger partial charge is 0.480 e. The zero-order chi connectivity index (χ0) is 28.2. The van der Waals surface area contributed by atoms with Crippen molar-refractivity contribution in [1.29, 1.82) is 0 Å². The molecule has 3 aromatic rings. The molecule has 0 spiro atoms. The van der Waals surface area contributed by atoms with E-state index in [4.69, 9.17) is 4.74 Å². The Labute approximate surface area is 237 Å². The maximum Gasteiger partial charge on any atom is 0.329 e. The maximum absolute atomic E-state index is 12.9. The summed E-state index contributed by atoms with van der Waals surface area (Å²) in [4.78, 5) is 29.5. The van der Waals surface area contributed by atoms with Gasteiger partial charge in [0.05, 0.1) is 18.0 Å². The van der Waals surface area contributed by atoms with Crippen LogP contribution in [-0.2, 0) is 29.0 Å². The summed E-state index contributed by atoms with van der Waals surface area (Å²) in [5, 5.41) is 12.6. The van der Waals surface area contributed by atoms with Gasteiger partial charge in [0.25, 0.3) is 5.91 Å². The number of amides is 1. The molecule has 1 heterocycles. The van der Waals surface area contributed by atoms with Gasteiger partial charge in [-0.05, 0) is 85.6 Å². The molecule has 210 valence electrons. The molecule has 0 bridgehead atoms. The number of carboxylic acid groups (broad SMARTS) is 1. The highest BCUT2D eigenvalue weighted by atomic mass is 16.5. The average Bonchev–Trinajstić information content (AvgIpc) is 2.99. The number of rotatable bonds is 13. The van der Waals surface area contributed by atoms with E-state index in [9.17, 15) is 14.7 Å². The van der Waals surface area contributed by atoms with Gasteiger partial charge in [0.15, 0.2) is 0 Å². The Balaban J connectivity index is 1.25. The molecule has 40 heavy (non-hydrogen) atoms. The van der Waals surface area contributed by atoms with Crippen molar-refractivity contribution in [2.75, 3.05) is 6.61 Å². The normalized spacial score (nSPS) is 14.7. The molecule has 0 radical (unpaired) electrons. The molecular formula is C34H40N2O4. The second kappa shape index (κ2) is 14.6. The standard InChI is InChI=1S/C34H40N2O4/c1-2-26-15-17-27(18-16-26)10-4-7-23-40-25-31-14-9-13-30(35-31)20-19-28-11-8-12-29(24-28)32(37)36-34(33(38)39)21-5-3-6-22-34/h8-9,11-20,24H,2-7,10,21-23,25H2,1H3,(H,36,37)(H,38,39)/b20-19+. The number of benzene rings is 2. The number of unbranched alkanes of at least 4 members (excludes halogenated alkanes) is 1. The molecular weight excluding hydrogens is 500 g/mol. The molecule has 1 aromatic heterocycles. The van der Waals surface area contributed by atoms with E-state index in [1.807, 2.05) is 36.4 Å². The monoisotopic (exact) mass is 540 g/mol. The first-order valence-corrected chi connectivity index (χ1v) is 14.4. The first-order valence-electron chi connectivity index (χ1n) is 14.4. The van der Waals surface area contributed by atoms with Crippen molar-refractivity contribution >= 4 is 24.0 Å². The Kier molecular flexibility index (Phi) is 10.6. The smallest absolute Gasteiger partial charge is 0.329 e. The summed E-state index contributed by atoms with van der Waals surface area (Å²) in [7, 11) is 0. The average molecular weight is 541 g/mol. The number of pyridine rings is 1. The van der Waals surface area contributed by atoms with Crippen LogP contribution in [0.1, 0.15) is 90.3 Å². The van der Waals surface area contributed by atoms with Crippen molar-refractivity contribution in [2.45, 2.75) is 76.9 Å². The lowest BCUT2D eigenvalue weighted by Gasteiger charge is -2.34. The number of nitrogens with zero attached hydrogens (tertiary/aromatic N) is 1. The number of aromatic nitrogens is 1. The van der Waals surface area contributed by atoms with E-state index in [1.165, 1.54) is 11.1 Å². The van der Waals surface area contributed by atoms with E-state index in [2.05, 4.69) is 41.5 Å². The number of carbonyl (C=O) groups excluding carboxylic acids is 1. The van der Waals surface area contributed by atoms with E-state index < -0.39 is 11.5 Å². The van der Waals surface area contributed by atoms with Crippen LogP contribution in [0.15, 0.2) is 66.7 Å². The van der Waals surface area contributed by atoms with Gasteiger partial charge in [-0.3, -0.25) is 9.78 Å². The molecule has 1 fully saturated rings. The van der Waals surface area contributed by atoms with Gasteiger partial charge in [0, 0.05) is 12.2 Å². The molecule has 1 saturated carbocycles. The Morgan fingerprint density at radius 3 is 2.45 bits per heavy atom. The fourth-order valence-corrected chi connectivity index (χ4v) is 5.13. The number of carboxylic acids is 1. The SMILES string of the molecule is CCc1ccc(CCCCOCc2cccc(/C=C/c3cccc(C(=O)NC4(C(=O)O)CCCCC4)c3)n2)cc1. The number of aliphatic carboxylic acids is 1. The third-order valence-electron chi connectivity index (χ3n) is 7.58. The van der Waals surface area contributed by atoms with E-state index >= 15 is 0 Å². The number of carbonyl (C=O) groups is 2. The highest BCUT2D eigenvalue weighted by Crippen LogP contribution is 2.29. The topological polar surface area (TPSA) is 88.5 Å². The fourth-order valence-electron chi connectivity index (χ4n) is 5.13. The van der Waals surface area contributed by atoms with Gasteiger partial charge in [-0.25, -0.2) is 4.79 Å². The van der Waals surface area contributed by atoms with Crippen LogP contribution in [0, 0.1) is 0 Å². The summed E-state index contributed by atoms with van der Waals surface area (Å²) in [5.41, 5.74) is 4.54. The predicted molar refractivity (Wildman–Crippen MR) is 159 cm³/mol. The van der Waals surface area contributed by atoms with Crippen molar-refractivity contribution in [3.05, 3.63) is 100 Å². The Hall–Kier alpha value is -3.77. The van der Waals surface area contributed by atoms with Gasteiger partial charge in [0.2, 0.25) is 0 Å². The van der Waals surface area contributed by atoms with Crippen LogP contribution in [0.2, 0.25) is 0 Å². The minimum atomic E-state index is -1.17. The Morgan fingerprint density at radius 2 is 1.70 bits per heavy atom. The zero-order valence-electron chi connectivity index (χ0n) is 23.4. The molecule has 6 nitrogen and oxygen atoms in total. The highest BCUT2D eigenvalue weighted by Gasteiger charge is 2.41. The summed E-state index contributed by atoms with van der Waals surface area (Å²) >= 11 is 0. The Morgan fingerprint density at radius 1 is 0.950 bits per heavy atom. The van der Waals surface area contributed by atoms with Crippen LogP contribution in [0.5, 0.6) is 0 Å². The zero-order valence-corrected chi connectivity index (χ0v) is 23.4. The van der Waals surface area contributed by atoms with Crippen LogP contribution in [0.3, 0.4) is 0 Å². The molecule has 2 aromatic carbocycles. The maximum atomic E-state index is 12.9. The van der Waals surface area contributed by atoms with E-state index in [0.29, 0.717) is 31.6 Å². The fraction of sp³-hybridized carbons (Fsp3) is 0.382. The van der Waals surface area contributed by atoms with Crippen LogP contribution in [-0.4, -0.2) is 34.1 Å². The highest BCUT2D eigenvalue weighted by molar-refractivity contribution is 5.98. The number of nitrogens with one attached hydrogen (secondary N) is 1. The summed E-state index contributed by atoms with van der Waals surface area (Å²) in [6, 6.07) is 21.9. The first kappa shape index (κ1) is 29.2. The number of ether oxygens (including phenoxy) is 1. The minimum absolute atomic E-state index is 0.355. The van der Waals surface area contributed by atoms with Crippen molar-refractivity contribution in [1.82, 2.24) is 10.3 Å². The minimum Gasteiger partial charge on any atom is -0.480 e. The van der Waals surface area contributed by atoms with E-state index in [-0.39, 0.29) is 5.91 Å². The van der Waals surface area contributed by atoms with Crippen molar-refractivity contribution < 1.29 is 19.4 Å². The van der Waals surface area contributed by atoms with Gasteiger partial charge in [-0.1, -0.05) is 74.7 Å². The summed E-state index contributed by atoms with van der Waals surface area (Å²) < 4.78 is 5.87. The summed E-state index contributed by atoms with van der Waals surface area (Å²) in [6.07, 6.45) is 11.6. The Bertz CT molecular complexity index is 1290. The second-order valence-corrected chi connectivity index (χ2v) is 10.6. The molecule has 0 atom stereocenters. The second-order valence-electron chi connectivity index (χ2n) is 10.6. The van der Waals surface area contributed by atoms with E-state index in [1.54, 1.807) is 18.2 Å². The summed E-state index contributed by atoms with van der Waals surface area (Å²) in [5.74, 6) is -1.31. The van der Waals surface area contributed by atoms with Crippen molar-refractivity contribution in [3.63, 3.8) is 0 Å². The van der Waals surface area contributed by atoms with Crippen molar-refractivity contribution in [3.8, 4) is 0 Å². The van der Waals surface area contributed by atoms with Gasteiger partial charge in [-0.2, -0.15) is 0 Å². The number of hydrogen-bond donors (Lipinski definition) is 2. The first-order chi connectivity index (χ1) is 19.5. The lowest BCUT2D eigenvalue weighted by atomic mass is 9.81. The van der Waals surface area contributed by atoms with Crippen LogP contribution < -0.4 is 5.32 Å². The van der Waals surface area contributed by atoms with Crippen LogP contribution >= 0.6 is 0 Å². The molecule has 1 aliphatic rings. The lowest BCUT2D eigenvalue weighted by Crippen LogP contribution is -2.55. The third kappa shape index (κ3) is 8.36. The predicted octanol–water partition coefficient (Wildman–Crippen LogP) is 6.87. The van der Waals surface area contributed by atoms with Crippen LogP contribution in [0.25, 0.3) is 12.2 Å². The van der Waals surface area contributed by atoms with Gasteiger partial charge >= 0.3 is 5.97 Å². The molecule has 0 aliphatic heterocycles. The molecule has 1 amide bonds. The van der Waals surface area contributed by atoms with Gasteiger partial charge in [0.1, 0.15) is 5.54 Å². The number of aryl methyl sites for hydroxylation is 2. The molecule has 4 rings (SSSR count). The molecule has 1 aliphatic carbocycles. The lowest BCUT2D eigenvalue weighted by molar-refractivity contribution is -0.145.